The van der Waals surface area contributed by atoms with Gasteiger partial charge in [-0.15, -0.1) is 0 Å². The van der Waals surface area contributed by atoms with Gasteiger partial charge in [0.2, 0.25) is 20.0 Å². The van der Waals surface area contributed by atoms with Crippen molar-refractivity contribution in [1.29, 1.82) is 0 Å². The van der Waals surface area contributed by atoms with E-state index in [9.17, 15) is 26.3 Å². The quantitative estimate of drug-likeness (QED) is 0.445. The Hall–Kier alpha value is -3.27. The predicted octanol–water partition coefficient (Wildman–Crippen LogP) is 3.31. The molecule has 0 amide bonds. The van der Waals surface area contributed by atoms with Crippen molar-refractivity contribution in [2.24, 2.45) is 5.92 Å². The Morgan fingerprint density at radius 3 is 2.40 bits per heavy atom. The SMILES string of the molecule is C[C@@H]1CN([C@H](C)CO)S(=O)(=O)c2ccc(C#Cc3ccccc3)cc2O[C@@H]1CN(C)S(=O)(=O)c1ccccc1F. The Bertz CT molecular complexity index is 1640. The zero-order valence-corrected chi connectivity index (χ0v) is 24.0. The number of nitrogens with zero attached hydrogens (tertiary/aromatic N) is 2. The first-order valence-corrected chi connectivity index (χ1v) is 15.5. The van der Waals surface area contributed by atoms with Gasteiger partial charge in [-0.25, -0.2) is 21.2 Å². The van der Waals surface area contributed by atoms with E-state index in [1.54, 1.807) is 19.9 Å². The highest BCUT2D eigenvalue weighted by atomic mass is 32.2. The van der Waals surface area contributed by atoms with E-state index in [0.29, 0.717) is 5.56 Å². The fourth-order valence-corrected chi connectivity index (χ4v) is 7.43. The first-order valence-electron chi connectivity index (χ1n) is 12.7. The van der Waals surface area contributed by atoms with Crippen LogP contribution in [0.25, 0.3) is 0 Å². The van der Waals surface area contributed by atoms with Crippen LogP contribution in [0.4, 0.5) is 4.39 Å². The Balaban J connectivity index is 1.75. The van der Waals surface area contributed by atoms with E-state index in [0.717, 1.165) is 15.9 Å². The van der Waals surface area contributed by atoms with Crippen molar-refractivity contribution in [2.45, 2.75) is 35.8 Å². The standard InChI is InChI=1S/C29H31FN2O6S2/c1-21-18-32(22(2)20-33)40(36,37)29-16-15-24(14-13-23-9-5-4-6-10-23)17-26(29)38-27(21)19-31(3)39(34,35)28-12-8-7-11-25(28)30/h4-12,15-17,21-22,27,33H,18-20H2,1-3H3/t21-,22-,27-/m1/s1. The first-order chi connectivity index (χ1) is 18.9. The van der Waals surface area contributed by atoms with Crippen molar-refractivity contribution in [1.82, 2.24) is 8.61 Å². The summed E-state index contributed by atoms with van der Waals surface area (Å²) in [6.07, 6.45) is -0.813. The highest BCUT2D eigenvalue weighted by Gasteiger charge is 2.39. The Morgan fingerprint density at radius 1 is 1.07 bits per heavy atom. The maximum atomic E-state index is 14.4. The maximum absolute atomic E-state index is 14.4. The number of hydrogen-bond acceptors (Lipinski definition) is 6. The zero-order valence-electron chi connectivity index (χ0n) is 22.4. The van der Waals surface area contributed by atoms with E-state index >= 15 is 0 Å². The monoisotopic (exact) mass is 586 g/mol. The molecule has 8 nitrogen and oxygen atoms in total. The number of rotatable bonds is 6. The molecule has 0 unspecified atom stereocenters. The van der Waals surface area contributed by atoms with Gasteiger partial charge in [-0.1, -0.05) is 49.1 Å². The van der Waals surface area contributed by atoms with E-state index in [1.165, 1.54) is 41.7 Å². The van der Waals surface area contributed by atoms with Crippen LogP contribution in [0.1, 0.15) is 25.0 Å². The molecule has 1 aliphatic heterocycles. The van der Waals surface area contributed by atoms with Crippen molar-refractivity contribution < 1.29 is 31.1 Å². The summed E-state index contributed by atoms with van der Waals surface area (Å²) in [4.78, 5) is -0.581. The summed E-state index contributed by atoms with van der Waals surface area (Å²) in [7, 11) is -6.97. The molecule has 1 N–H and O–H groups in total. The van der Waals surface area contributed by atoms with Crippen molar-refractivity contribution >= 4 is 20.0 Å². The lowest BCUT2D eigenvalue weighted by Crippen LogP contribution is -2.50. The molecule has 1 heterocycles. The molecule has 0 radical (unpaired) electrons. The van der Waals surface area contributed by atoms with Gasteiger partial charge in [0, 0.05) is 36.7 Å². The lowest BCUT2D eigenvalue weighted by atomic mass is 10.0. The number of aliphatic hydroxyl groups excluding tert-OH is 1. The maximum Gasteiger partial charge on any atom is 0.247 e. The number of ether oxygens (including phenoxy) is 1. The van der Waals surface area contributed by atoms with Gasteiger partial charge >= 0.3 is 0 Å². The molecular formula is C29H31FN2O6S2. The van der Waals surface area contributed by atoms with Crippen LogP contribution in [0, 0.1) is 23.6 Å². The van der Waals surface area contributed by atoms with Crippen LogP contribution in [0.2, 0.25) is 0 Å². The minimum atomic E-state index is -4.21. The summed E-state index contributed by atoms with van der Waals surface area (Å²) in [5, 5.41) is 9.83. The smallest absolute Gasteiger partial charge is 0.247 e. The summed E-state index contributed by atoms with van der Waals surface area (Å²) in [6, 6.07) is 18.1. The number of sulfonamides is 2. The van der Waals surface area contributed by atoms with Gasteiger partial charge in [-0.3, -0.25) is 0 Å². The molecule has 0 saturated heterocycles. The van der Waals surface area contributed by atoms with Gasteiger partial charge in [-0.05, 0) is 49.4 Å². The van der Waals surface area contributed by atoms with E-state index in [4.69, 9.17) is 4.74 Å². The topological polar surface area (TPSA) is 104 Å². The fourth-order valence-electron chi connectivity index (χ4n) is 4.36. The van der Waals surface area contributed by atoms with Crippen molar-refractivity contribution in [3.8, 4) is 17.6 Å². The average molecular weight is 587 g/mol. The first kappa shape index (κ1) is 29.7. The van der Waals surface area contributed by atoms with Crippen LogP contribution in [0.15, 0.2) is 82.6 Å². The minimum absolute atomic E-state index is 0.0169. The van der Waals surface area contributed by atoms with Crippen LogP contribution >= 0.6 is 0 Å². The number of halogens is 1. The lowest BCUT2D eigenvalue weighted by molar-refractivity contribution is 0.0904. The van der Waals surface area contributed by atoms with Crippen molar-refractivity contribution in [3.63, 3.8) is 0 Å². The van der Waals surface area contributed by atoms with Crippen LogP contribution in [-0.2, 0) is 20.0 Å². The third-order valence-electron chi connectivity index (χ3n) is 6.75. The summed E-state index contributed by atoms with van der Waals surface area (Å²) < 4.78 is 76.6. The molecule has 0 saturated carbocycles. The van der Waals surface area contributed by atoms with Gasteiger partial charge in [0.25, 0.3) is 0 Å². The fraction of sp³-hybridized carbons (Fsp3) is 0.310. The van der Waals surface area contributed by atoms with E-state index in [2.05, 4.69) is 11.8 Å². The Kier molecular flexibility index (Phi) is 8.97. The normalized spacial score (nSPS) is 19.9. The Morgan fingerprint density at radius 2 is 1.73 bits per heavy atom. The zero-order chi connectivity index (χ0) is 29.1. The van der Waals surface area contributed by atoms with Gasteiger partial charge < -0.3 is 9.84 Å². The molecule has 0 aliphatic carbocycles. The summed E-state index contributed by atoms with van der Waals surface area (Å²) in [5.74, 6) is 4.68. The second kappa shape index (κ2) is 12.1. The van der Waals surface area contributed by atoms with Gasteiger partial charge in [0.05, 0.1) is 13.2 Å². The third kappa shape index (κ3) is 6.22. The minimum Gasteiger partial charge on any atom is -0.487 e. The highest BCUT2D eigenvalue weighted by molar-refractivity contribution is 7.89. The second-order valence-electron chi connectivity index (χ2n) is 9.73. The molecule has 0 aromatic heterocycles. The molecule has 40 heavy (non-hydrogen) atoms. The molecule has 4 rings (SSSR count). The molecule has 0 fully saturated rings. The van der Waals surface area contributed by atoms with Gasteiger partial charge in [-0.2, -0.15) is 8.61 Å². The van der Waals surface area contributed by atoms with E-state index < -0.39 is 55.4 Å². The summed E-state index contributed by atoms with van der Waals surface area (Å²) >= 11 is 0. The van der Waals surface area contributed by atoms with E-state index in [1.807, 2.05) is 30.3 Å². The molecule has 11 heteroatoms. The van der Waals surface area contributed by atoms with Crippen LogP contribution in [0.5, 0.6) is 5.75 Å². The number of hydrogen-bond donors (Lipinski definition) is 1. The van der Waals surface area contributed by atoms with Crippen molar-refractivity contribution in [3.05, 3.63) is 89.7 Å². The van der Waals surface area contributed by atoms with Crippen LogP contribution < -0.4 is 4.74 Å². The summed E-state index contributed by atoms with van der Waals surface area (Å²) in [5.41, 5.74) is 1.27. The summed E-state index contributed by atoms with van der Waals surface area (Å²) in [6.45, 7) is 2.71. The second-order valence-corrected chi connectivity index (χ2v) is 13.6. The number of benzene rings is 3. The lowest BCUT2D eigenvalue weighted by Gasteiger charge is -2.37. The molecule has 3 atom stereocenters. The predicted molar refractivity (Wildman–Crippen MR) is 149 cm³/mol. The highest BCUT2D eigenvalue weighted by Crippen LogP contribution is 2.34. The molecule has 3 aromatic rings. The number of fused-ring (bicyclic) bond motifs is 1. The number of likely N-dealkylation sites (N-methyl/N-ethyl adjacent to an activating group) is 1. The van der Waals surface area contributed by atoms with E-state index in [-0.39, 0.29) is 23.7 Å². The molecular weight excluding hydrogens is 555 g/mol. The molecule has 1 aliphatic rings. The molecule has 0 bridgehead atoms. The average Bonchev–Trinajstić information content (AvgIpc) is 2.93. The van der Waals surface area contributed by atoms with Gasteiger partial charge in [0.15, 0.2) is 0 Å². The Labute approximate surface area is 235 Å². The number of aliphatic hydroxyl groups is 1. The van der Waals surface area contributed by atoms with Crippen LogP contribution in [0.3, 0.4) is 0 Å². The van der Waals surface area contributed by atoms with Crippen molar-refractivity contribution in [2.75, 3.05) is 26.7 Å². The van der Waals surface area contributed by atoms with Gasteiger partial charge in [0.1, 0.15) is 27.5 Å². The largest absolute Gasteiger partial charge is 0.487 e. The molecule has 0 spiro atoms. The van der Waals surface area contributed by atoms with Crippen LogP contribution in [-0.4, -0.2) is 69.4 Å². The third-order valence-corrected chi connectivity index (χ3v) is 10.6. The molecule has 3 aromatic carbocycles. The molecule has 212 valence electrons.